The molecule has 0 radical (unpaired) electrons. The lowest BCUT2D eigenvalue weighted by Gasteiger charge is -2.47. The van der Waals surface area contributed by atoms with Crippen molar-refractivity contribution in [1.82, 2.24) is 0 Å². The molecule has 0 amide bonds. The van der Waals surface area contributed by atoms with Crippen LogP contribution >= 0.6 is 0 Å². The quantitative estimate of drug-likeness (QED) is 0.133. The van der Waals surface area contributed by atoms with E-state index in [0.717, 1.165) is 24.2 Å². The van der Waals surface area contributed by atoms with Crippen molar-refractivity contribution < 1.29 is 35.2 Å². The second-order valence-corrected chi connectivity index (χ2v) is 21.5. The van der Waals surface area contributed by atoms with Gasteiger partial charge in [-0.05, 0) is 16.6 Å². The molecule has 0 saturated carbocycles. The largest absolute Gasteiger partial charge is 0.539 e. The van der Waals surface area contributed by atoms with Crippen molar-refractivity contribution in [2.75, 3.05) is 0 Å². The zero-order valence-electron chi connectivity index (χ0n) is 21.7. The summed E-state index contributed by atoms with van der Waals surface area (Å²) in [6.45, 7) is 15.8. The van der Waals surface area contributed by atoms with E-state index >= 15 is 8.78 Å². The monoisotopic (exact) mass is 540 g/mol. The van der Waals surface area contributed by atoms with E-state index in [4.69, 9.17) is 4.43 Å². The summed E-state index contributed by atoms with van der Waals surface area (Å²) >= 11 is 0. The van der Waals surface area contributed by atoms with Crippen LogP contribution in [0.2, 0.25) is 40.8 Å². The highest BCUT2D eigenvalue weighted by molar-refractivity contribution is 6.84. The number of fused-ring (bicyclic) bond motifs is 1. The zero-order valence-corrected chi connectivity index (χ0v) is 23.7. The molecule has 0 aliphatic rings. The van der Waals surface area contributed by atoms with Gasteiger partial charge < -0.3 is 4.43 Å². The third-order valence-corrected chi connectivity index (χ3v) is 20.3. The van der Waals surface area contributed by atoms with Crippen LogP contribution in [0.3, 0.4) is 0 Å². The lowest BCUT2D eigenvalue weighted by Crippen LogP contribution is -2.54. The predicted molar refractivity (Wildman–Crippen MR) is 132 cm³/mol. The Bertz CT molecular complexity index is 1090. The second-order valence-electron chi connectivity index (χ2n) is 10.7. The summed E-state index contributed by atoms with van der Waals surface area (Å²) in [5, 5.41) is -3.71. The summed E-state index contributed by atoms with van der Waals surface area (Å²) in [6.07, 6.45) is 0. The summed E-state index contributed by atoms with van der Waals surface area (Å²) < 4.78 is 108. The highest BCUT2D eigenvalue weighted by Gasteiger charge is 2.53. The van der Waals surface area contributed by atoms with E-state index in [1.807, 2.05) is 34.6 Å². The normalized spacial score (nSPS) is 14.6. The third kappa shape index (κ3) is 4.89. The van der Waals surface area contributed by atoms with Gasteiger partial charge in [-0.2, -0.15) is 4.39 Å². The smallest absolute Gasteiger partial charge is 0.259 e. The Morgan fingerprint density at radius 1 is 0.629 bits per heavy atom. The van der Waals surface area contributed by atoms with Crippen LogP contribution < -0.4 is 4.43 Å². The molecule has 0 aliphatic carbocycles. The van der Waals surface area contributed by atoms with Gasteiger partial charge >= 0.3 is 0 Å². The third-order valence-electron chi connectivity index (χ3n) is 8.06. The molecule has 2 aromatic rings. The minimum Gasteiger partial charge on any atom is -0.539 e. The molecule has 1 unspecified atom stereocenters. The summed E-state index contributed by atoms with van der Waals surface area (Å²) in [5.41, 5.74) is -0.191. The van der Waals surface area contributed by atoms with Crippen molar-refractivity contribution in [3.05, 3.63) is 40.7 Å². The van der Waals surface area contributed by atoms with Crippen LogP contribution in [0.25, 0.3) is 10.8 Å². The number of rotatable bonds is 9. The highest BCUT2D eigenvalue weighted by atomic mass is 28.4. The molecule has 35 heavy (non-hydrogen) atoms. The van der Waals surface area contributed by atoms with Gasteiger partial charge in [-0.3, -0.25) is 0 Å². The Labute approximate surface area is 205 Å². The Morgan fingerprint density at radius 2 is 1.03 bits per heavy atom. The minimum atomic E-state index is -3.20. The van der Waals surface area contributed by atoms with Crippen LogP contribution in [0.1, 0.15) is 55.4 Å². The average molecular weight is 541 g/mol. The van der Waals surface area contributed by atoms with E-state index in [1.165, 1.54) is 0 Å². The molecule has 10 heteroatoms. The van der Waals surface area contributed by atoms with Crippen LogP contribution in [0.4, 0.5) is 30.7 Å². The molecule has 0 heterocycles. The first-order chi connectivity index (χ1) is 16.1. The van der Waals surface area contributed by atoms with Crippen LogP contribution in [-0.4, -0.2) is 16.4 Å². The molecule has 0 fully saturated rings. The number of halogens is 7. The van der Waals surface area contributed by atoms with Crippen molar-refractivity contribution in [2.24, 2.45) is 0 Å². The molecule has 0 saturated heterocycles. The Kier molecular flexibility index (Phi) is 8.85. The van der Waals surface area contributed by atoms with Gasteiger partial charge in [0.2, 0.25) is 5.82 Å². The molecule has 2 rings (SSSR count). The van der Waals surface area contributed by atoms with E-state index in [0.29, 0.717) is 6.04 Å². The number of hydrogen-bond donors (Lipinski definition) is 0. The molecule has 2 aromatic carbocycles. The summed E-state index contributed by atoms with van der Waals surface area (Å²) in [4.78, 5) is 0. The molecule has 0 aliphatic heterocycles. The van der Waals surface area contributed by atoms with Gasteiger partial charge in [-0.1, -0.05) is 79.6 Å². The topological polar surface area (TPSA) is 9.23 Å². The molecule has 0 spiro atoms. The Morgan fingerprint density at radius 3 is 1.40 bits per heavy atom. The Balaban J connectivity index is 2.84. The van der Waals surface area contributed by atoms with Crippen molar-refractivity contribution in [3.8, 4) is 5.75 Å². The van der Waals surface area contributed by atoms with Gasteiger partial charge in [0, 0.05) is 0 Å². The molecular formula is C25H35F7OSi2. The van der Waals surface area contributed by atoms with E-state index in [2.05, 4.69) is 20.8 Å². The molecule has 1 nitrogen and oxygen atoms in total. The maximum atomic E-state index is 15.5. The van der Waals surface area contributed by atoms with Crippen LogP contribution in [0.5, 0.6) is 5.75 Å². The standard InChI is InChI=1S/C25H35F7OSi2/c1-9-34(10-2,11-3)12-13-35(14(4)5,25(6,7)8)33-24-20(29)16-15(19(28)23(24)32)17(26)21(30)22(31)18(16)27/h14H,9-13H2,1-8H3. The van der Waals surface area contributed by atoms with E-state index in [9.17, 15) is 22.0 Å². The van der Waals surface area contributed by atoms with Crippen molar-refractivity contribution in [3.63, 3.8) is 0 Å². The molecule has 0 aromatic heterocycles. The van der Waals surface area contributed by atoms with E-state index < -0.39 is 78.7 Å². The van der Waals surface area contributed by atoms with Gasteiger partial charge in [-0.15, -0.1) is 0 Å². The first kappa shape index (κ1) is 29.7. The summed E-state index contributed by atoms with van der Waals surface area (Å²) in [6, 6.07) is 4.43. The molecule has 198 valence electrons. The fourth-order valence-electron chi connectivity index (χ4n) is 5.32. The fraction of sp³-hybridized carbons (Fsp3) is 0.600. The summed E-state index contributed by atoms with van der Waals surface area (Å²) in [7, 11) is -4.89. The lowest BCUT2D eigenvalue weighted by atomic mass is 10.1. The predicted octanol–water partition coefficient (Wildman–Crippen LogP) is 9.86. The number of hydrogen-bond acceptors (Lipinski definition) is 1. The maximum absolute atomic E-state index is 15.5. The average Bonchev–Trinajstić information content (AvgIpc) is 2.79. The lowest BCUT2D eigenvalue weighted by molar-refractivity contribution is 0.383. The van der Waals surface area contributed by atoms with Crippen LogP contribution in [0, 0.1) is 40.7 Å². The minimum absolute atomic E-state index is 0.191. The molecule has 0 bridgehead atoms. The van der Waals surface area contributed by atoms with E-state index in [1.54, 1.807) is 0 Å². The molecule has 1 atom stereocenters. The van der Waals surface area contributed by atoms with Gasteiger partial charge in [0.25, 0.3) is 8.32 Å². The van der Waals surface area contributed by atoms with Crippen LogP contribution in [0.15, 0.2) is 0 Å². The second kappa shape index (κ2) is 10.4. The molecule has 0 N–H and O–H groups in total. The first-order valence-corrected chi connectivity index (χ1v) is 17.1. The van der Waals surface area contributed by atoms with Gasteiger partial charge in [0.15, 0.2) is 40.7 Å². The number of benzene rings is 2. The fourth-order valence-corrected chi connectivity index (χ4v) is 15.7. The maximum Gasteiger partial charge on any atom is 0.259 e. The summed E-state index contributed by atoms with van der Waals surface area (Å²) in [5.74, 6) is -15.9. The van der Waals surface area contributed by atoms with Crippen LogP contribution in [-0.2, 0) is 0 Å². The Hall–Kier alpha value is -1.56. The van der Waals surface area contributed by atoms with Crippen molar-refractivity contribution in [1.29, 1.82) is 0 Å². The van der Waals surface area contributed by atoms with E-state index in [-0.39, 0.29) is 5.54 Å². The SMILES string of the molecule is CC[Si](CC)(CC)CC[Si](Oc1c(F)c(F)c2c(F)c(F)c(F)c(F)c2c1F)(C(C)C)C(C)(C)C. The van der Waals surface area contributed by atoms with Gasteiger partial charge in [0.05, 0.1) is 18.8 Å². The van der Waals surface area contributed by atoms with Crippen molar-refractivity contribution >= 4 is 27.2 Å². The first-order valence-electron chi connectivity index (χ1n) is 12.1. The molecular weight excluding hydrogens is 505 g/mol. The zero-order chi connectivity index (χ0) is 27.1. The van der Waals surface area contributed by atoms with Gasteiger partial charge in [-0.25, -0.2) is 26.3 Å². The van der Waals surface area contributed by atoms with Crippen molar-refractivity contribution in [2.45, 2.75) is 96.2 Å². The highest BCUT2D eigenvalue weighted by Crippen LogP contribution is 2.51. The van der Waals surface area contributed by atoms with Gasteiger partial charge in [0.1, 0.15) is 0 Å².